The van der Waals surface area contributed by atoms with E-state index < -0.39 is 17.5 Å². The molecular weight excluding hydrogens is 480 g/mol. The van der Waals surface area contributed by atoms with Gasteiger partial charge in [-0.3, -0.25) is 19.7 Å². The molecular formula is C25H30N6O6. The molecule has 0 aliphatic carbocycles. The van der Waals surface area contributed by atoms with E-state index in [1.807, 2.05) is 12.1 Å². The monoisotopic (exact) mass is 510 g/mol. The molecule has 3 aromatic rings. The number of carbonyl (C=O) groups excluding carboxylic acids is 2. The quantitative estimate of drug-likeness (QED) is 0.174. The average molecular weight is 511 g/mol. The number of piperidine rings is 1. The zero-order valence-electron chi connectivity index (χ0n) is 20.4. The summed E-state index contributed by atoms with van der Waals surface area (Å²) in [7, 11) is 0. The van der Waals surface area contributed by atoms with E-state index in [-0.39, 0.29) is 18.7 Å². The smallest absolute Gasteiger partial charge is 0.280 e. The fourth-order valence-corrected chi connectivity index (χ4v) is 3.87. The maximum absolute atomic E-state index is 13.2. The van der Waals surface area contributed by atoms with Crippen molar-refractivity contribution in [3.8, 4) is 5.75 Å². The molecule has 1 aliphatic heterocycles. The maximum Gasteiger partial charge on any atom is 0.280 e. The summed E-state index contributed by atoms with van der Waals surface area (Å²) in [5, 5.41) is 13.9. The third kappa shape index (κ3) is 7.02. The molecule has 1 aromatic heterocycles. The van der Waals surface area contributed by atoms with Gasteiger partial charge in [-0.2, -0.15) is 4.68 Å². The molecule has 12 heteroatoms. The number of hydrogen-bond acceptors (Lipinski definition) is 10. The third-order valence-corrected chi connectivity index (χ3v) is 5.75. The number of aromatic nitrogens is 3. The van der Waals surface area contributed by atoms with Crippen LogP contribution >= 0.6 is 0 Å². The number of imide groups is 1. The van der Waals surface area contributed by atoms with Crippen molar-refractivity contribution >= 4 is 34.1 Å². The number of anilines is 2. The predicted molar refractivity (Wildman–Crippen MR) is 136 cm³/mol. The number of nitrogens with one attached hydrogen (secondary N) is 2. The normalized spacial score (nSPS) is 15.5. The number of hydrogen-bond donors (Lipinski definition) is 3. The molecule has 1 atom stereocenters. The highest BCUT2D eigenvalue weighted by Gasteiger charge is 2.30. The standard InChI is InChI=1S/C25H30N6O6/c26-17-5-7-18(8-6-17)37-16-15-36-14-13-35-12-2-11-27-19-3-1-4-20-23(19)25(34)31(30-29-20)21-9-10-22(32)28-24(21)33/h1,3-8,21,27H,2,9-16,26H2,(H,28,32,33). The van der Waals surface area contributed by atoms with Crippen molar-refractivity contribution in [2.75, 3.05) is 50.6 Å². The molecule has 0 saturated carbocycles. The molecule has 196 valence electrons. The van der Waals surface area contributed by atoms with E-state index in [2.05, 4.69) is 20.9 Å². The number of carbonyl (C=O) groups is 2. The zero-order valence-corrected chi connectivity index (χ0v) is 20.4. The van der Waals surface area contributed by atoms with Crippen LogP contribution < -0.4 is 26.7 Å². The molecule has 2 aromatic carbocycles. The number of amides is 2. The van der Waals surface area contributed by atoms with Crippen LogP contribution in [0.25, 0.3) is 10.9 Å². The average Bonchev–Trinajstić information content (AvgIpc) is 2.89. The minimum absolute atomic E-state index is 0.144. The lowest BCUT2D eigenvalue weighted by Crippen LogP contribution is -2.45. The Balaban J connectivity index is 1.18. The summed E-state index contributed by atoms with van der Waals surface area (Å²) < 4.78 is 17.7. The first-order chi connectivity index (χ1) is 18.0. The number of ether oxygens (including phenoxy) is 3. The molecule has 4 N–H and O–H groups in total. The van der Waals surface area contributed by atoms with Crippen LogP contribution in [0.4, 0.5) is 11.4 Å². The first-order valence-electron chi connectivity index (χ1n) is 12.1. The van der Waals surface area contributed by atoms with E-state index in [4.69, 9.17) is 19.9 Å². The zero-order chi connectivity index (χ0) is 26.0. The minimum atomic E-state index is -0.866. The van der Waals surface area contributed by atoms with Crippen molar-refractivity contribution in [3.05, 3.63) is 52.8 Å². The molecule has 1 unspecified atom stereocenters. The molecule has 12 nitrogen and oxygen atoms in total. The van der Waals surface area contributed by atoms with Crippen molar-refractivity contribution in [1.29, 1.82) is 0 Å². The van der Waals surface area contributed by atoms with Crippen molar-refractivity contribution < 1.29 is 23.8 Å². The number of fused-ring (bicyclic) bond motifs is 1. The van der Waals surface area contributed by atoms with E-state index in [9.17, 15) is 14.4 Å². The highest BCUT2D eigenvalue weighted by Crippen LogP contribution is 2.20. The fourth-order valence-electron chi connectivity index (χ4n) is 3.87. The van der Waals surface area contributed by atoms with Crippen LogP contribution in [0.15, 0.2) is 47.3 Å². The van der Waals surface area contributed by atoms with Crippen LogP contribution in [-0.4, -0.2) is 66.4 Å². The van der Waals surface area contributed by atoms with Crippen molar-refractivity contribution in [2.45, 2.75) is 25.3 Å². The summed E-state index contributed by atoms with van der Waals surface area (Å²) in [4.78, 5) is 36.8. The lowest BCUT2D eigenvalue weighted by atomic mass is 10.1. The Hall–Kier alpha value is -4.03. The molecule has 2 amide bonds. The summed E-state index contributed by atoms with van der Waals surface area (Å²) in [5.74, 6) is -0.162. The number of nitrogen functional groups attached to an aromatic ring is 1. The highest BCUT2D eigenvalue weighted by atomic mass is 16.5. The van der Waals surface area contributed by atoms with Gasteiger partial charge in [0.05, 0.1) is 25.2 Å². The topological polar surface area (TPSA) is 160 Å². The Morgan fingerprint density at radius 3 is 2.54 bits per heavy atom. The predicted octanol–water partition coefficient (Wildman–Crippen LogP) is 1.27. The Morgan fingerprint density at radius 2 is 1.76 bits per heavy atom. The van der Waals surface area contributed by atoms with Crippen molar-refractivity contribution in [2.24, 2.45) is 0 Å². The van der Waals surface area contributed by atoms with Crippen molar-refractivity contribution in [1.82, 2.24) is 20.3 Å². The van der Waals surface area contributed by atoms with Crippen LogP contribution in [-0.2, 0) is 19.1 Å². The van der Waals surface area contributed by atoms with E-state index in [1.54, 1.807) is 30.3 Å². The Labute approximate surface area is 213 Å². The number of rotatable bonds is 13. The lowest BCUT2D eigenvalue weighted by Gasteiger charge is -2.21. The van der Waals surface area contributed by atoms with Gasteiger partial charge in [0.25, 0.3) is 11.5 Å². The van der Waals surface area contributed by atoms with Crippen LogP contribution in [0.1, 0.15) is 25.3 Å². The first kappa shape index (κ1) is 26.0. The summed E-state index contributed by atoms with van der Waals surface area (Å²) in [5.41, 5.74) is 6.92. The molecule has 1 aliphatic rings. The molecule has 37 heavy (non-hydrogen) atoms. The van der Waals surface area contributed by atoms with Gasteiger partial charge < -0.3 is 25.3 Å². The number of nitrogens with zero attached hydrogens (tertiary/aromatic N) is 3. The van der Waals surface area contributed by atoms with Gasteiger partial charge >= 0.3 is 0 Å². The van der Waals surface area contributed by atoms with Gasteiger partial charge in [0.15, 0.2) is 0 Å². The molecule has 4 rings (SSSR count). The summed E-state index contributed by atoms with van der Waals surface area (Å²) >= 11 is 0. The van der Waals surface area contributed by atoms with Gasteiger partial charge in [-0.25, -0.2) is 0 Å². The van der Waals surface area contributed by atoms with Gasteiger partial charge in [0, 0.05) is 30.9 Å². The largest absolute Gasteiger partial charge is 0.491 e. The fraction of sp³-hybridized carbons (Fsp3) is 0.400. The van der Waals surface area contributed by atoms with E-state index in [0.717, 1.165) is 10.4 Å². The van der Waals surface area contributed by atoms with Gasteiger partial charge in [-0.05, 0) is 49.2 Å². The van der Waals surface area contributed by atoms with Crippen LogP contribution in [0, 0.1) is 0 Å². The maximum atomic E-state index is 13.2. The van der Waals surface area contributed by atoms with Gasteiger partial charge in [-0.15, -0.1) is 5.10 Å². The van der Waals surface area contributed by atoms with Crippen LogP contribution in [0.5, 0.6) is 5.75 Å². The Morgan fingerprint density at radius 1 is 1.00 bits per heavy atom. The Kier molecular flexibility index (Phi) is 9.00. The lowest BCUT2D eigenvalue weighted by molar-refractivity contribution is -0.136. The SMILES string of the molecule is Nc1ccc(OCCOCCOCCCNc2cccc3nnn(C4CCC(=O)NC4=O)c(=O)c23)cc1. The van der Waals surface area contributed by atoms with Crippen LogP contribution in [0.3, 0.4) is 0 Å². The molecule has 2 heterocycles. The first-order valence-corrected chi connectivity index (χ1v) is 12.1. The molecule has 0 bridgehead atoms. The summed E-state index contributed by atoms with van der Waals surface area (Å²) in [6, 6.07) is 11.6. The van der Waals surface area contributed by atoms with Crippen molar-refractivity contribution in [3.63, 3.8) is 0 Å². The second kappa shape index (κ2) is 12.8. The van der Waals surface area contributed by atoms with E-state index in [1.165, 1.54) is 0 Å². The van der Waals surface area contributed by atoms with E-state index in [0.29, 0.717) is 68.3 Å². The summed E-state index contributed by atoms with van der Waals surface area (Å²) in [6.07, 6.45) is 1.05. The number of nitrogens with two attached hydrogens (primary N) is 1. The number of benzene rings is 2. The second-order valence-corrected chi connectivity index (χ2v) is 8.43. The molecule has 0 radical (unpaired) electrons. The van der Waals surface area contributed by atoms with E-state index >= 15 is 0 Å². The van der Waals surface area contributed by atoms with Gasteiger partial charge in [0.2, 0.25) is 5.91 Å². The second-order valence-electron chi connectivity index (χ2n) is 8.43. The highest BCUT2D eigenvalue weighted by molar-refractivity contribution is 5.99. The molecule has 1 saturated heterocycles. The Bertz CT molecular complexity index is 1280. The molecule has 1 fully saturated rings. The van der Waals surface area contributed by atoms with Crippen LogP contribution in [0.2, 0.25) is 0 Å². The summed E-state index contributed by atoms with van der Waals surface area (Å²) in [6.45, 7) is 2.89. The minimum Gasteiger partial charge on any atom is -0.491 e. The molecule has 0 spiro atoms. The van der Waals surface area contributed by atoms with Gasteiger partial charge in [0.1, 0.15) is 23.9 Å². The van der Waals surface area contributed by atoms with Gasteiger partial charge in [-0.1, -0.05) is 11.3 Å². The third-order valence-electron chi connectivity index (χ3n) is 5.75.